The van der Waals surface area contributed by atoms with E-state index in [1.54, 1.807) is 30.7 Å². The number of imidazole rings is 1. The molecule has 150 valence electrons. The van der Waals surface area contributed by atoms with Crippen LogP contribution in [0.1, 0.15) is 12.0 Å². The van der Waals surface area contributed by atoms with E-state index in [2.05, 4.69) is 14.7 Å². The van der Waals surface area contributed by atoms with Crippen LogP contribution in [0.3, 0.4) is 0 Å². The van der Waals surface area contributed by atoms with E-state index < -0.39 is 12.5 Å². The minimum atomic E-state index is -4.74. The fourth-order valence-electron chi connectivity index (χ4n) is 3.19. The third-order valence-corrected chi connectivity index (χ3v) is 5.08. The number of rotatable bonds is 3. The third-order valence-electron chi connectivity index (χ3n) is 4.36. The van der Waals surface area contributed by atoms with Gasteiger partial charge in [0, 0.05) is 24.3 Å². The molecule has 1 atom stereocenters. The van der Waals surface area contributed by atoms with Crippen LogP contribution in [0.2, 0.25) is 10.0 Å². The van der Waals surface area contributed by atoms with Crippen LogP contribution in [0.4, 0.5) is 18.9 Å². The van der Waals surface area contributed by atoms with E-state index in [1.165, 1.54) is 24.3 Å². The number of anilines is 1. The number of aliphatic imine (C=N–C) groups is 1. The van der Waals surface area contributed by atoms with Gasteiger partial charge in [0.15, 0.2) is 0 Å². The molecule has 1 aliphatic rings. The summed E-state index contributed by atoms with van der Waals surface area (Å²) in [6.45, 7) is 1.84. The van der Waals surface area contributed by atoms with Crippen molar-refractivity contribution in [3.63, 3.8) is 0 Å². The van der Waals surface area contributed by atoms with Crippen molar-refractivity contribution in [3.8, 4) is 5.75 Å². The number of ether oxygens (including phenoxy) is 1. The first-order valence-corrected chi connectivity index (χ1v) is 9.16. The lowest BCUT2D eigenvalue weighted by atomic mass is 10.2. The number of fused-ring (bicyclic) bond motifs is 1. The molecule has 3 aromatic rings. The van der Waals surface area contributed by atoms with E-state index in [0.717, 1.165) is 5.52 Å². The van der Waals surface area contributed by atoms with Gasteiger partial charge in [-0.25, -0.2) is 4.98 Å². The van der Waals surface area contributed by atoms with Crippen molar-refractivity contribution in [2.45, 2.75) is 19.5 Å². The van der Waals surface area contributed by atoms with Crippen molar-refractivity contribution in [3.05, 3.63) is 64.7 Å². The summed E-state index contributed by atoms with van der Waals surface area (Å²) in [5, 5.41) is 0.793. The summed E-state index contributed by atoms with van der Waals surface area (Å²) in [6, 6.07) is 9.01. The average Bonchev–Trinajstić information content (AvgIpc) is 2.96. The first kappa shape index (κ1) is 19.6. The maximum absolute atomic E-state index is 12.4. The van der Waals surface area contributed by atoms with Crippen LogP contribution in [0.5, 0.6) is 5.75 Å². The number of aromatic nitrogens is 2. The predicted octanol–water partition coefficient (Wildman–Crippen LogP) is 6.11. The second-order valence-electron chi connectivity index (χ2n) is 6.24. The van der Waals surface area contributed by atoms with Gasteiger partial charge in [0.1, 0.15) is 17.7 Å². The van der Waals surface area contributed by atoms with Gasteiger partial charge in [-0.15, -0.1) is 13.2 Å². The van der Waals surface area contributed by atoms with Crippen molar-refractivity contribution < 1.29 is 17.9 Å². The van der Waals surface area contributed by atoms with Crippen LogP contribution in [-0.4, -0.2) is 22.1 Å². The summed E-state index contributed by atoms with van der Waals surface area (Å²) in [5.74, 6) is 0.408. The smallest absolute Gasteiger partial charge is 0.406 e. The normalized spacial score (nSPS) is 16.6. The van der Waals surface area contributed by atoms with E-state index in [0.29, 0.717) is 27.1 Å². The molecule has 0 bridgehead atoms. The van der Waals surface area contributed by atoms with E-state index >= 15 is 0 Å². The molecule has 1 unspecified atom stereocenters. The predicted molar refractivity (Wildman–Crippen MR) is 107 cm³/mol. The lowest BCUT2D eigenvalue weighted by molar-refractivity contribution is -0.274. The number of hydrogen-bond acceptors (Lipinski definition) is 4. The Labute approximate surface area is 173 Å². The van der Waals surface area contributed by atoms with Crippen molar-refractivity contribution in [2.24, 2.45) is 4.99 Å². The van der Waals surface area contributed by atoms with E-state index in [1.807, 2.05) is 16.4 Å². The third kappa shape index (κ3) is 3.90. The largest absolute Gasteiger partial charge is 0.573 e. The molecule has 0 saturated heterocycles. The van der Waals surface area contributed by atoms with Crippen LogP contribution >= 0.6 is 23.2 Å². The Morgan fingerprint density at radius 1 is 1.07 bits per heavy atom. The van der Waals surface area contributed by atoms with Gasteiger partial charge >= 0.3 is 6.36 Å². The fraction of sp³-hybridized carbons (Fsp3) is 0.158. The molecule has 10 heteroatoms. The molecule has 0 fully saturated rings. The van der Waals surface area contributed by atoms with Gasteiger partial charge in [-0.05, 0) is 43.3 Å². The zero-order chi connectivity index (χ0) is 20.8. The van der Waals surface area contributed by atoms with Crippen LogP contribution in [0.25, 0.3) is 11.0 Å². The van der Waals surface area contributed by atoms with Gasteiger partial charge in [0.05, 0.1) is 21.1 Å². The molecule has 1 aliphatic heterocycles. The molecule has 1 aromatic heterocycles. The SMILES string of the molecule is Cc1nc2cc(Cl)c(Cl)cc2n1C1C=NC=CN1c1ccc(OC(F)(F)F)cc1. The van der Waals surface area contributed by atoms with Crippen LogP contribution < -0.4 is 9.64 Å². The molecule has 0 aliphatic carbocycles. The Morgan fingerprint density at radius 3 is 2.45 bits per heavy atom. The van der Waals surface area contributed by atoms with Crippen LogP contribution in [-0.2, 0) is 0 Å². The second kappa shape index (κ2) is 7.27. The molecule has 0 radical (unpaired) electrons. The number of benzene rings is 2. The van der Waals surface area contributed by atoms with E-state index in [-0.39, 0.29) is 5.75 Å². The number of halogens is 5. The Hall–Kier alpha value is -2.71. The first-order valence-electron chi connectivity index (χ1n) is 8.40. The molecule has 0 saturated carbocycles. The molecule has 2 aromatic carbocycles. The quantitative estimate of drug-likeness (QED) is 0.493. The van der Waals surface area contributed by atoms with Crippen molar-refractivity contribution in [2.75, 3.05) is 4.90 Å². The van der Waals surface area contributed by atoms with Gasteiger partial charge < -0.3 is 14.2 Å². The van der Waals surface area contributed by atoms with Gasteiger partial charge in [-0.2, -0.15) is 0 Å². The highest BCUT2D eigenvalue weighted by molar-refractivity contribution is 6.42. The maximum atomic E-state index is 12.4. The number of aryl methyl sites for hydroxylation is 1. The summed E-state index contributed by atoms with van der Waals surface area (Å²) >= 11 is 12.3. The Bertz CT molecular complexity index is 1120. The monoisotopic (exact) mass is 440 g/mol. The summed E-state index contributed by atoms with van der Waals surface area (Å²) < 4.78 is 43.1. The van der Waals surface area contributed by atoms with E-state index in [9.17, 15) is 13.2 Å². The first-order chi connectivity index (χ1) is 13.7. The van der Waals surface area contributed by atoms with E-state index in [4.69, 9.17) is 23.2 Å². The Balaban J connectivity index is 1.74. The summed E-state index contributed by atoms with van der Waals surface area (Å²) in [6.07, 6.45) is -0.120. The zero-order valence-electron chi connectivity index (χ0n) is 14.9. The summed E-state index contributed by atoms with van der Waals surface area (Å²) in [5.41, 5.74) is 2.08. The average molecular weight is 441 g/mol. The van der Waals surface area contributed by atoms with Crippen molar-refractivity contribution in [1.82, 2.24) is 9.55 Å². The summed E-state index contributed by atoms with van der Waals surface area (Å²) in [7, 11) is 0. The van der Waals surface area contributed by atoms with Crippen molar-refractivity contribution in [1.29, 1.82) is 0 Å². The lowest BCUT2D eigenvalue weighted by Crippen LogP contribution is -2.31. The molecular formula is C19H13Cl2F3N4O. The molecule has 0 N–H and O–H groups in total. The fourth-order valence-corrected chi connectivity index (χ4v) is 3.51. The molecule has 29 heavy (non-hydrogen) atoms. The molecule has 4 rings (SSSR count). The molecule has 2 heterocycles. The number of alkyl halides is 3. The lowest BCUT2D eigenvalue weighted by Gasteiger charge is -2.31. The Morgan fingerprint density at radius 2 is 1.76 bits per heavy atom. The van der Waals surface area contributed by atoms with Gasteiger partial charge in [-0.1, -0.05) is 23.2 Å². The molecular weight excluding hydrogens is 428 g/mol. The highest BCUT2D eigenvalue weighted by atomic mass is 35.5. The number of hydrogen-bond donors (Lipinski definition) is 0. The van der Waals surface area contributed by atoms with Crippen LogP contribution in [0, 0.1) is 6.92 Å². The van der Waals surface area contributed by atoms with Gasteiger partial charge in [0.2, 0.25) is 0 Å². The zero-order valence-corrected chi connectivity index (χ0v) is 16.4. The minimum absolute atomic E-state index is 0.293. The van der Waals surface area contributed by atoms with Crippen LogP contribution in [0.15, 0.2) is 53.8 Å². The summed E-state index contributed by atoms with van der Waals surface area (Å²) in [4.78, 5) is 10.6. The molecule has 0 spiro atoms. The topological polar surface area (TPSA) is 42.7 Å². The molecule has 0 amide bonds. The van der Waals surface area contributed by atoms with Gasteiger partial charge in [-0.3, -0.25) is 4.99 Å². The maximum Gasteiger partial charge on any atom is 0.573 e. The highest BCUT2D eigenvalue weighted by Gasteiger charge is 2.31. The highest BCUT2D eigenvalue weighted by Crippen LogP contribution is 2.34. The minimum Gasteiger partial charge on any atom is -0.406 e. The number of nitrogens with zero attached hydrogens (tertiary/aromatic N) is 4. The standard InChI is InChI=1S/C19H13Cl2F3N4O/c1-11-26-16-8-14(20)15(21)9-17(16)28(11)18-10-25-6-7-27(18)12-2-4-13(5-3-12)29-19(22,23)24/h2-10,18H,1H3. The second-order valence-corrected chi connectivity index (χ2v) is 7.06. The van der Waals surface area contributed by atoms with Gasteiger partial charge in [0.25, 0.3) is 0 Å². The van der Waals surface area contributed by atoms with Crippen molar-refractivity contribution >= 4 is 46.1 Å². The Kier molecular flexibility index (Phi) is 4.92. The molecule has 5 nitrogen and oxygen atoms in total.